The van der Waals surface area contributed by atoms with Gasteiger partial charge in [0, 0.05) is 0 Å². The maximum absolute atomic E-state index is 5.70. The van der Waals surface area contributed by atoms with Crippen LogP contribution in [0.25, 0.3) is 0 Å². The topological polar surface area (TPSA) is 25.1 Å². The third-order valence-electron chi connectivity index (χ3n) is 5.05. The number of hydrogen-bond donors (Lipinski definition) is 0. The smallest absolute Gasteiger partial charge is 0.0876 e. The Kier molecular flexibility index (Phi) is 1.37. The maximum atomic E-state index is 5.70. The van der Waals surface area contributed by atoms with Crippen LogP contribution >= 0.6 is 0 Å². The van der Waals surface area contributed by atoms with Crippen LogP contribution in [0.2, 0.25) is 0 Å². The number of hydrogen-bond acceptors (Lipinski definition) is 2. The highest BCUT2D eigenvalue weighted by atomic mass is 16.6. The number of ether oxygens (including phenoxy) is 2. The van der Waals surface area contributed by atoms with Crippen molar-refractivity contribution in [2.24, 2.45) is 23.7 Å². The highest BCUT2D eigenvalue weighted by Crippen LogP contribution is 2.61. The van der Waals surface area contributed by atoms with Crippen molar-refractivity contribution in [3.05, 3.63) is 0 Å². The van der Waals surface area contributed by atoms with E-state index in [-0.39, 0.29) is 0 Å². The van der Waals surface area contributed by atoms with Crippen LogP contribution in [0, 0.1) is 23.7 Å². The Bertz CT molecular complexity index is 277. The molecule has 4 aliphatic rings. The first-order valence-corrected chi connectivity index (χ1v) is 6.06. The molecule has 2 aliphatic heterocycles. The molecule has 8 unspecified atom stereocenters. The molecule has 0 spiro atoms. The Hall–Kier alpha value is -0.0800. The lowest BCUT2D eigenvalue weighted by atomic mass is 9.87. The molecule has 78 valence electrons. The molecule has 0 bridgehead atoms. The van der Waals surface area contributed by atoms with E-state index in [1.165, 1.54) is 12.8 Å². The van der Waals surface area contributed by atoms with Crippen molar-refractivity contribution in [3.8, 4) is 0 Å². The fourth-order valence-corrected chi connectivity index (χ4v) is 4.29. The minimum absolute atomic E-state index is 0.531. The normalized spacial score (nSPS) is 69.0. The zero-order valence-corrected chi connectivity index (χ0v) is 8.85. The van der Waals surface area contributed by atoms with E-state index < -0.39 is 0 Å². The van der Waals surface area contributed by atoms with Gasteiger partial charge in [-0.3, -0.25) is 0 Å². The summed E-state index contributed by atoms with van der Waals surface area (Å²) in [5, 5.41) is 0. The predicted molar refractivity (Wildman–Crippen MR) is 51.9 cm³/mol. The standard InChI is InChI=1S/C12H18O2/c1-5-3-8(11-6(2)13-11)10-7(5)4-9-12(10)14-9/h5-12H,3-4H2,1-2H3. The molecule has 2 aliphatic carbocycles. The molecule has 4 fully saturated rings. The molecular formula is C12H18O2. The molecule has 8 atom stereocenters. The van der Waals surface area contributed by atoms with Gasteiger partial charge in [-0.2, -0.15) is 0 Å². The van der Waals surface area contributed by atoms with Gasteiger partial charge in [-0.15, -0.1) is 0 Å². The molecule has 0 aromatic heterocycles. The van der Waals surface area contributed by atoms with Gasteiger partial charge in [-0.25, -0.2) is 0 Å². The third-order valence-corrected chi connectivity index (χ3v) is 5.05. The van der Waals surface area contributed by atoms with Gasteiger partial charge in [0.1, 0.15) is 0 Å². The fraction of sp³-hybridized carbons (Fsp3) is 1.00. The summed E-state index contributed by atoms with van der Waals surface area (Å²) in [4.78, 5) is 0. The van der Waals surface area contributed by atoms with Crippen molar-refractivity contribution < 1.29 is 9.47 Å². The predicted octanol–water partition coefficient (Wildman–Crippen LogP) is 1.83. The highest BCUT2D eigenvalue weighted by molar-refractivity contribution is 5.12. The molecule has 2 heterocycles. The van der Waals surface area contributed by atoms with Crippen molar-refractivity contribution in [2.75, 3.05) is 0 Å². The summed E-state index contributed by atoms with van der Waals surface area (Å²) >= 11 is 0. The van der Waals surface area contributed by atoms with Crippen LogP contribution in [0.3, 0.4) is 0 Å². The monoisotopic (exact) mass is 194 g/mol. The van der Waals surface area contributed by atoms with E-state index in [0.29, 0.717) is 24.4 Å². The Balaban J connectivity index is 1.61. The Morgan fingerprint density at radius 1 is 0.929 bits per heavy atom. The summed E-state index contributed by atoms with van der Waals surface area (Å²) in [6.45, 7) is 4.64. The van der Waals surface area contributed by atoms with E-state index in [2.05, 4.69) is 13.8 Å². The van der Waals surface area contributed by atoms with Crippen molar-refractivity contribution in [2.45, 2.75) is 51.1 Å². The molecule has 0 aromatic rings. The van der Waals surface area contributed by atoms with Gasteiger partial charge in [-0.05, 0) is 43.4 Å². The first kappa shape index (κ1) is 8.12. The number of epoxide rings is 2. The van der Waals surface area contributed by atoms with Crippen LogP contribution in [-0.4, -0.2) is 24.4 Å². The second-order valence-corrected chi connectivity index (χ2v) is 5.80. The zero-order valence-electron chi connectivity index (χ0n) is 8.85. The van der Waals surface area contributed by atoms with Gasteiger partial charge in [-0.1, -0.05) is 6.92 Å². The molecule has 0 N–H and O–H groups in total. The first-order chi connectivity index (χ1) is 6.75. The summed E-state index contributed by atoms with van der Waals surface area (Å²) in [7, 11) is 0. The van der Waals surface area contributed by atoms with Gasteiger partial charge >= 0.3 is 0 Å². The van der Waals surface area contributed by atoms with Gasteiger partial charge in [0.2, 0.25) is 0 Å². The van der Waals surface area contributed by atoms with Crippen LogP contribution in [-0.2, 0) is 9.47 Å². The van der Waals surface area contributed by atoms with E-state index in [4.69, 9.17) is 9.47 Å². The average Bonchev–Trinajstić information content (AvgIpc) is 3.00. The molecule has 14 heavy (non-hydrogen) atoms. The van der Waals surface area contributed by atoms with Gasteiger partial charge in [0.15, 0.2) is 0 Å². The lowest BCUT2D eigenvalue weighted by Gasteiger charge is -2.18. The second-order valence-electron chi connectivity index (χ2n) is 5.80. The van der Waals surface area contributed by atoms with Crippen molar-refractivity contribution in [1.82, 2.24) is 0 Å². The Morgan fingerprint density at radius 2 is 1.71 bits per heavy atom. The fourth-order valence-electron chi connectivity index (χ4n) is 4.29. The van der Waals surface area contributed by atoms with E-state index in [1.807, 2.05) is 0 Å². The molecule has 0 radical (unpaired) electrons. The Labute approximate surface area is 85.0 Å². The first-order valence-electron chi connectivity index (χ1n) is 6.06. The van der Waals surface area contributed by atoms with Crippen LogP contribution < -0.4 is 0 Å². The minimum atomic E-state index is 0.531. The van der Waals surface area contributed by atoms with E-state index in [0.717, 1.165) is 23.7 Å². The lowest BCUT2D eigenvalue weighted by molar-refractivity contribution is 0.167. The molecular weight excluding hydrogens is 176 g/mol. The summed E-state index contributed by atoms with van der Waals surface area (Å²) in [5.41, 5.74) is 0. The SMILES string of the molecule is CC1CC(C2OC2C)C2C1CC1OC12. The number of fused-ring (bicyclic) bond motifs is 3. The molecule has 2 nitrogen and oxygen atoms in total. The molecule has 2 saturated heterocycles. The van der Waals surface area contributed by atoms with E-state index in [1.54, 1.807) is 0 Å². The maximum Gasteiger partial charge on any atom is 0.0876 e. The van der Waals surface area contributed by atoms with E-state index >= 15 is 0 Å². The zero-order chi connectivity index (χ0) is 9.45. The Morgan fingerprint density at radius 3 is 2.43 bits per heavy atom. The molecule has 2 heteroatoms. The van der Waals surface area contributed by atoms with Gasteiger partial charge < -0.3 is 9.47 Å². The van der Waals surface area contributed by atoms with Gasteiger partial charge in [0.25, 0.3) is 0 Å². The molecule has 0 aromatic carbocycles. The second kappa shape index (κ2) is 2.35. The van der Waals surface area contributed by atoms with Crippen LogP contribution in [0.4, 0.5) is 0 Å². The van der Waals surface area contributed by atoms with Crippen LogP contribution in [0.1, 0.15) is 26.7 Å². The van der Waals surface area contributed by atoms with Crippen molar-refractivity contribution >= 4 is 0 Å². The minimum Gasteiger partial charge on any atom is -0.370 e. The summed E-state index contributed by atoms with van der Waals surface area (Å²) in [6, 6.07) is 0. The van der Waals surface area contributed by atoms with Gasteiger partial charge in [0.05, 0.1) is 24.4 Å². The summed E-state index contributed by atoms with van der Waals surface area (Å²) < 4.78 is 11.4. The summed E-state index contributed by atoms with van der Waals surface area (Å²) in [5.74, 6) is 3.55. The van der Waals surface area contributed by atoms with Crippen LogP contribution in [0.5, 0.6) is 0 Å². The highest BCUT2D eigenvalue weighted by Gasteiger charge is 2.65. The average molecular weight is 194 g/mol. The van der Waals surface area contributed by atoms with E-state index in [9.17, 15) is 0 Å². The molecule has 2 saturated carbocycles. The number of rotatable bonds is 1. The lowest BCUT2D eigenvalue weighted by Crippen LogP contribution is -2.22. The molecule has 4 rings (SSSR count). The molecule has 0 amide bonds. The third kappa shape index (κ3) is 0.892. The largest absolute Gasteiger partial charge is 0.370 e. The summed E-state index contributed by atoms with van der Waals surface area (Å²) in [6.07, 6.45) is 5.11. The van der Waals surface area contributed by atoms with Crippen molar-refractivity contribution in [1.29, 1.82) is 0 Å². The quantitative estimate of drug-likeness (QED) is 0.595. The van der Waals surface area contributed by atoms with Crippen LogP contribution in [0.15, 0.2) is 0 Å². The van der Waals surface area contributed by atoms with Crippen molar-refractivity contribution in [3.63, 3.8) is 0 Å².